The molecule has 0 bridgehead atoms. The third kappa shape index (κ3) is 0.942. The Kier molecular flexibility index (Phi) is 1.26. The molecule has 0 heteroatoms. The fraction of sp³-hybridized carbons (Fsp3) is 0.400. The molecule has 1 aliphatic rings. The van der Waals surface area contributed by atoms with Gasteiger partial charge in [0.1, 0.15) is 0 Å². The smallest absolute Gasteiger partial charge is 0.0127 e. The summed E-state index contributed by atoms with van der Waals surface area (Å²) in [5.41, 5.74) is 1.40. The van der Waals surface area contributed by atoms with E-state index in [1.807, 2.05) is 12.1 Å². The van der Waals surface area contributed by atoms with Gasteiger partial charge in [0, 0.05) is 0 Å². The van der Waals surface area contributed by atoms with E-state index < -0.39 is 0 Å². The molecule has 1 aliphatic carbocycles. The highest BCUT2D eigenvalue weighted by atomic mass is 14.4. The zero-order valence-corrected chi connectivity index (χ0v) is 6.17. The molecule has 1 saturated carbocycles. The van der Waals surface area contributed by atoms with Crippen molar-refractivity contribution >= 4 is 0 Å². The fourth-order valence-electron chi connectivity index (χ4n) is 1.39. The van der Waals surface area contributed by atoms with Crippen molar-refractivity contribution < 1.29 is 0 Å². The lowest BCUT2D eigenvalue weighted by Crippen LogP contribution is -1.78. The third-order valence-corrected chi connectivity index (χ3v) is 2.24. The van der Waals surface area contributed by atoms with Crippen LogP contribution < -0.4 is 0 Å². The van der Waals surface area contributed by atoms with E-state index in [-0.39, 0.29) is 0 Å². The zero-order chi connectivity index (χ0) is 6.97. The van der Waals surface area contributed by atoms with Crippen molar-refractivity contribution in [2.75, 3.05) is 0 Å². The number of benzene rings is 1. The van der Waals surface area contributed by atoms with E-state index in [0.29, 0.717) is 0 Å². The van der Waals surface area contributed by atoms with Gasteiger partial charge in [-0.2, -0.15) is 0 Å². The molecule has 0 nitrogen and oxygen atoms in total. The SMILES string of the molecule is CC1CC1c1[c]cccc1. The summed E-state index contributed by atoms with van der Waals surface area (Å²) in [7, 11) is 0. The van der Waals surface area contributed by atoms with Gasteiger partial charge in [-0.05, 0) is 29.9 Å². The lowest BCUT2D eigenvalue weighted by molar-refractivity contribution is 0.914. The van der Waals surface area contributed by atoms with Gasteiger partial charge >= 0.3 is 0 Å². The standard InChI is InChI=1S/C10H11/c1-8-7-10(8)9-5-3-2-4-6-9/h2-5,8,10H,7H2,1H3. The molecule has 0 spiro atoms. The molecular weight excluding hydrogens is 120 g/mol. The van der Waals surface area contributed by atoms with E-state index in [0.717, 1.165) is 11.8 Å². The van der Waals surface area contributed by atoms with Crippen LogP contribution in [0, 0.1) is 12.0 Å². The van der Waals surface area contributed by atoms with E-state index >= 15 is 0 Å². The molecule has 0 heterocycles. The van der Waals surface area contributed by atoms with Crippen molar-refractivity contribution in [2.45, 2.75) is 19.3 Å². The predicted molar refractivity (Wildman–Crippen MR) is 41.8 cm³/mol. The molecule has 0 saturated heterocycles. The summed E-state index contributed by atoms with van der Waals surface area (Å²) in [6.45, 7) is 2.30. The Balaban J connectivity index is 2.20. The van der Waals surface area contributed by atoms with Crippen LogP contribution in [0.1, 0.15) is 24.8 Å². The Labute approximate surface area is 61.9 Å². The quantitative estimate of drug-likeness (QED) is 0.549. The molecule has 2 rings (SSSR count). The lowest BCUT2D eigenvalue weighted by atomic mass is 10.1. The topological polar surface area (TPSA) is 0 Å². The van der Waals surface area contributed by atoms with Crippen molar-refractivity contribution in [3.05, 3.63) is 35.9 Å². The van der Waals surface area contributed by atoms with Gasteiger partial charge < -0.3 is 0 Å². The van der Waals surface area contributed by atoms with Gasteiger partial charge in [-0.1, -0.05) is 31.2 Å². The molecule has 1 aromatic carbocycles. The first-order valence-corrected chi connectivity index (χ1v) is 3.84. The number of rotatable bonds is 1. The minimum Gasteiger partial charge on any atom is -0.0619 e. The van der Waals surface area contributed by atoms with Crippen molar-refractivity contribution in [1.82, 2.24) is 0 Å². The molecule has 1 aromatic rings. The Hall–Kier alpha value is -0.780. The minimum atomic E-state index is 0.821. The van der Waals surface area contributed by atoms with Gasteiger partial charge in [0.25, 0.3) is 0 Å². The summed E-state index contributed by atoms with van der Waals surface area (Å²) >= 11 is 0. The minimum absolute atomic E-state index is 0.821. The van der Waals surface area contributed by atoms with Crippen LogP contribution in [0.2, 0.25) is 0 Å². The molecular formula is C10H11. The molecule has 1 radical (unpaired) electrons. The van der Waals surface area contributed by atoms with E-state index in [2.05, 4.69) is 25.1 Å². The highest BCUT2D eigenvalue weighted by molar-refractivity contribution is 5.23. The van der Waals surface area contributed by atoms with Crippen LogP contribution >= 0.6 is 0 Å². The molecule has 51 valence electrons. The van der Waals surface area contributed by atoms with Gasteiger partial charge in [0.05, 0.1) is 0 Å². The Morgan fingerprint density at radius 2 is 2.30 bits per heavy atom. The average molecular weight is 131 g/mol. The first-order valence-electron chi connectivity index (χ1n) is 3.84. The Bertz CT molecular complexity index is 213. The zero-order valence-electron chi connectivity index (χ0n) is 6.17. The first kappa shape index (κ1) is 5.96. The second-order valence-corrected chi connectivity index (χ2v) is 3.14. The van der Waals surface area contributed by atoms with Crippen LogP contribution in [0.4, 0.5) is 0 Å². The molecule has 0 N–H and O–H groups in total. The summed E-state index contributed by atoms with van der Waals surface area (Å²) in [6.07, 6.45) is 1.36. The highest BCUT2D eigenvalue weighted by Gasteiger charge is 2.33. The van der Waals surface area contributed by atoms with Crippen LogP contribution in [0.25, 0.3) is 0 Å². The third-order valence-electron chi connectivity index (χ3n) is 2.24. The van der Waals surface area contributed by atoms with Crippen molar-refractivity contribution in [1.29, 1.82) is 0 Å². The number of hydrogen-bond donors (Lipinski definition) is 0. The van der Waals surface area contributed by atoms with E-state index in [1.54, 1.807) is 0 Å². The Morgan fingerprint density at radius 1 is 1.50 bits per heavy atom. The molecule has 1 fully saturated rings. The average Bonchev–Trinajstić information content (AvgIpc) is 2.69. The van der Waals surface area contributed by atoms with Gasteiger partial charge in [-0.3, -0.25) is 0 Å². The first-order chi connectivity index (χ1) is 4.88. The Morgan fingerprint density at radius 3 is 2.80 bits per heavy atom. The second-order valence-electron chi connectivity index (χ2n) is 3.14. The summed E-state index contributed by atoms with van der Waals surface area (Å²) < 4.78 is 0. The normalized spacial score (nSPS) is 30.1. The van der Waals surface area contributed by atoms with Crippen LogP contribution in [0.15, 0.2) is 24.3 Å². The largest absolute Gasteiger partial charge is 0.0619 e. The molecule has 0 aromatic heterocycles. The van der Waals surface area contributed by atoms with Crippen molar-refractivity contribution in [3.63, 3.8) is 0 Å². The van der Waals surface area contributed by atoms with Gasteiger partial charge in [0.15, 0.2) is 0 Å². The maximum Gasteiger partial charge on any atom is -0.0127 e. The van der Waals surface area contributed by atoms with Gasteiger partial charge in [0.2, 0.25) is 0 Å². The lowest BCUT2D eigenvalue weighted by Gasteiger charge is -1.93. The summed E-state index contributed by atoms with van der Waals surface area (Å²) in [5, 5.41) is 0. The second kappa shape index (κ2) is 2.12. The van der Waals surface area contributed by atoms with E-state index in [9.17, 15) is 0 Å². The van der Waals surface area contributed by atoms with Crippen LogP contribution in [0.5, 0.6) is 0 Å². The summed E-state index contributed by atoms with van der Waals surface area (Å²) in [5.74, 6) is 1.72. The molecule has 0 amide bonds. The van der Waals surface area contributed by atoms with E-state index in [1.165, 1.54) is 12.0 Å². The van der Waals surface area contributed by atoms with Crippen molar-refractivity contribution in [2.24, 2.45) is 5.92 Å². The van der Waals surface area contributed by atoms with Crippen LogP contribution in [-0.2, 0) is 0 Å². The monoisotopic (exact) mass is 131 g/mol. The van der Waals surface area contributed by atoms with Crippen LogP contribution in [0.3, 0.4) is 0 Å². The number of hydrogen-bond acceptors (Lipinski definition) is 0. The van der Waals surface area contributed by atoms with Crippen molar-refractivity contribution in [3.8, 4) is 0 Å². The molecule has 2 unspecified atom stereocenters. The highest BCUT2D eigenvalue weighted by Crippen LogP contribution is 2.46. The maximum absolute atomic E-state index is 3.26. The van der Waals surface area contributed by atoms with E-state index in [4.69, 9.17) is 0 Å². The summed E-state index contributed by atoms with van der Waals surface area (Å²) in [4.78, 5) is 0. The van der Waals surface area contributed by atoms with Gasteiger partial charge in [-0.25, -0.2) is 0 Å². The van der Waals surface area contributed by atoms with Gasteiger partial charge in [-0.15, -0.1) is 0 Å². The maximum atomic E-state index is 3.26. The molecule has 2 atom stereocenters. The molecule has 0 aliphatic heterocycles. The fourth-order valence-corrected chi connectivity index (χ4v) is 1.39. The van der Waals surface area contributed by atoms with Crippen LogP contribution in [-0.4, -0.2) is 0 Å². The summed E-state index contributed by atoms with van der Waals surface area (Å²) in [6, 6.07) is 11.6. The molecule has 10 heavy (non-hydrogen) atoms. The predicted octanol–water partition coefficient (Wildman–Crippen LogP) is 2.61.